The number of nitrogens with one attached hydrogen (secondary N) is 1. The number of rotatable bonds is 5. The fraction of sp³-hybridized carbons (Fsp3) is 0.786. The second-order valence-corrected chi connectivity index (χ2v) is 6.44. The van der Waals surface area contributed by atoms with Crippen molar-refractivity contribution in [2.24, 2.45) is 13.0 Å². The van der Waals surface area contributed by atoms with Crippen LogP contribution in [0.25, 0.3) is 0 Å². The van der Waals surface area contributed by atoms with Gasteiger partial charge in [-0.1, -0.05) is 20.8 Å². The van der Waals surface area contributed by atoms with Crippen LogP contribution in [-0.4, -0.2) is 28.0 Å². The molecule has 1 aromatic heterocycles. The van der Waals surface area contributed by atoms with Crippen LogP contribution in [-0.2, 0) is 12.5 Å². The first-order valence-corrected chi connectivity index (χ1v) is 6.80. The number of hydrogen-bond acceptors (Lipinski definition) is 3. The number of aliphatic hydroxyl groups is 1. The molecule has 1 unspecified atom stereocenters. The van der Waals surface area contributed by atoms with Crippen molar-refractivity contribution in [2.75, 3.05) is 13.2 Å². The summed E-state index contributed by atoms with van der Waals surface area (Å²) >= 11 is 0. The van der Waals surface area contributed by atoms with Gasteiger partial charge in [0.1, 0.15) is 0 Å². The van der Waals surface area contributed by atoms with Gasteiger partial charge in [-0.2, -0.15) is 5.10 Å². The van der Waals surface area contributed by atoms with Crippen molar-refractivity contribution in [2.45, 2.75) is 45.1 Å². The average Bonchev–Trinajstić information content (AvgIpc) is 3.00. The molecule has 0 bridgehead atoms. The highest BCUT2D eigenvalue weighted by Crippen LogP contribution is 2.31. The maximum Gasteiger partial charge on any atom is 0.0726 e. The largest absolute Gasteiger partial charge is 0.394 e. The van der Waals surface area contributed by atoms with Crippen LogP contribution in [0.2, 0.25) is 0 Å². The summed E-state index contributed by atoms with van der Waals surface area (Å²) in [4.78, 5) is 0. The molecule has 1 aliphatic carbocycles. The zero-order chi connectivity index (χ0) is 13.3. The van der Waals surface area contributed by atoms with E-state index in [0.29, 0.717) is 0 Å². The number of hydrogen-bond donors (Lipinski definition) is 2. The lowest BCUT2D eigenvalue weighted by Crippen LogP contribution is -2.28. The summed E-state index contributed by atoms with van der Waals surface area (Å²) in [6, 6.07) is 0.00789. The zero-order valence-electron chi connectivity index (χ0n) is 11.9. The topological polar surface area (TPSA) is 50.1 Å². The molecular weight excluding hydrogens is 226 g/mol. The molecule has 1 aliphatic rings. The fourth-order valence-corrected chi connectivity index (χ4v) is 2.25. The van der Waals surface area contributed by atoms with Gasteiger partial charge in [-0.3, -0.25) is 4.68 Å². The zero-order valence-corrected chi connectivity index (χ0v) is 11.9. The third-order valence-corrected chi connectivity index (χ3v) is 3.48. The Labute approximate surface area is 109 Å². The SMILES string of the molecule is Cn1cc(C(CO)NCC2CC2)c(C(C)(C)C)n1. The molecule has 1 heterocycles. The third kappa shape index (κ3) is 3.12. The Morgan fingerprint density at radius 2 is 2.17 bits per heavy atom. The predicted molar refractivity (Wildman–Crippen MR) is 72.5 cm³/mol. The van der Waals surface area contributed by atoms with Crippen LogP contribution in [0.5, 0.6) is 0 Å². The molecule has 102 valence electrons. The smallest absolute Gasteiger partial charge is 0.0726 e. The van der Waals surface area contributed by atoms with E-state index in [1.807, 2.05) is 17.9 Å². The second kappa shape index (κ2) is 5.02. The maximum absolute atomic E-state index is 9.61. The van der Waals surface area contributed by atoms with Gasteiger partial charge in [0.05, 0.1) is 18.3 Å². The first kappa shape index (κ1) is 13.6. The molecule has 1 atom stereocenters. The van der Waals surface area contributed by atoms with Crippen molar-refractivity contribution in [3.05, 3.63) is 17.5 Å². The average molecular weight is 251 g/mol. The summed E-state index contributed by atoms with van der Waals surface area (Å²) in [6.07, 6.45) is 4.68. The van der Waals surface area contributed by atoms with Crippen LogP contribution < -0.4 is 5.32 Å². The van der Waals surface area contributed by atoms with E-state index < -0.39 is 0 Å². The van der Waals surface area contributed by atoms with Crippen LogP contribution in [0.1, 0.15) is 50.9 Å². The molecule has 0 aromatic carbocycles. The molecule has 0 amide bonds. The Kier molecular flexibility index (Phi) is 3.78. The molecule has 1 aromatic rings. The molecule has 0 saturated heterocycles. The predicted octanol–water partition coefficient (Wildman–Crippen LogP) is 1.75. The van der Waals surface area contributed by atoms with Gasteiger partial charge in [-0.25, -0.2) is 0 Å². The van der Waals surface area contributed by atoms with Gasteiger partial charge in [0.25, 0.3) is 0 Å². The van der Waals surface area contributed by atoms with Gasteiger partial charge in [0.2, 0.25) is 0 Å². The van der Waals surface area contributed by atoms with E-state index in [0.717, 1.165) is 23.7 Å². The lowest BCUT2D eigenvalue weighted by atomic mass is 9.87. The minimum Gasteiger partial charge on any atom is -0.394 e. The van der Waals surface area contributed by atoms with E-state index in [1.165, 1.54) is 12.8 Å². The molecule has 18 heavy (non-hydrogen) atoms. The number of aromatic nitrogens is 2. The summed E-state index contributed by atoms with van der Waals surface area (Å²) in [7, 11) is 1.94. The third-order valence-electron chi connectivity index (χ3n) is 3.48. The van der Waals surface area contributed by atoms with Crippen molar-refractivity contribution >= 4 is 0 Å². The van der Waals surface area contributed by atoms with E-state index in [9.17, 15) is 5.11 Å². The van der Waals surface area contributed by atoms with Gasteiger partial charge in [0.15, 0.2) is 0 Å². The van der Waals surface area contributed by atoms with Crippen LogP contribution in [0.15, 0.2) is 6.20 Å². The Bertz CT molecular complexity index is 402. The Morgan fingerprint density at radius 3 is 2.67 bits per heavy atom. The fourth-order valence-electron chi connectivity index (χ4n) is 2.25. The molecule has 2 rings (SSSR count). The van der Waals surface area contributed by atoms with E-state index >= 15 is 0 Å². The van der Waals surface area contributed by atoms with Crippen molar-refractivity contribution in [3.8, 4) is 0 Å². The Balaban J connectivity index is 2.17. The summed E-state index contributed by atoms with van der Waals surface area (Å²) in [5.41, 5.74) is 2.21. The summed E-state index contributed by atoms with van der Waals surface area (Å²) in [5.74, 6) is 0.814. The summed E-state index contributed by atoms with van der Waals surface area (Å²) < 4.78 is 1.84. The van der Waals surface area contributed by atoms with Gasteiger partial charge in [-0.15, -0.1) is 0 Å². The summed E-state index contributed by atoms with van der Waals surface area (Å²) in [5, 5.41) is 17.6. The Morgan fingerprint density at radius 1 is 1.50 bits per heavy atom. The molecule has 0 radical (unpaired) electrons. The van der Waals surface area contributed by atoms with Crippen LogP contribution in [0.3, 0.4) is 0 Å². The standard InChI is InChI=1S/C14H25N3O/c1-14(2,3)13-11(8-17(4)16-13)12(9-18)15-7-10-5-6-10/h8,10,12,15,18H,5-7,9H2,1-4H3. The highest BCUT2D eigenvalue weighted by atomic mass is 16.3. The van der Waals surface area contributed by atoms with Crippen LogP contribution in [0.4, 0.5) is 0 Å². The summed E-state index contributed by atoms with van der Waals surface area (Å²) in [6.45, 7) is 7.61. The monoisotopic (exact) mass is 251 g/mol. The van der Waals surface area contributed by atoms with E-state index in [4.69, 9.17) is 0 Å². The minimum atomic E-state index is 0.00523. The first-order valence-electron chi connectivity index (χ1n) is 6.80. The molecule has 1 fully saturated rings. The van der Waals surface area contributed by atoms with Crippen molar-refractivity contribution in [3.63, 3.8) is 0 Å². The van der Waals surface area contributed by atoms with E-state index in [-0.39, 0.29) is 18.1 Å². The molecule has 2 N–H and O–H groups in total. The second-order valence-electron chi connectivity index (χ2n) is 6.44. The first-order chi connectivity index (χ1) is 8.41. The number of aliphatic hydroxyl groups excluding tert-OH is 1. The molecule has 4 heteroatoms. The van der Waals surface area contributed by atoms with E-state index in [1.54, 1.807) is 0 Å². The quantitative estimate of drug-likeness (QED) is 0.838. The van der Waals surface area contributed by atoms with Crippen LogP contribution >= 0.6 is 0 Å². The van der Waals surface area contributed by atoms with Crippen molar-refractivity contribution in [1.29, 1.82) is 0 Å². The number of aryl methyl sites for hydroxylation is 1. The highest BCUT2D eigenvalue weighted by molar-refractivity contribution is 5.27. The normalized spacial score (nSPS) is 18.1. The molecule has 1 saturated carbocycles. The van der Waals surface area contributed by atoms with Crippen molar-refractivity contribution in [1.82, 2.24) is 15.1 Å². The van der Waals surface area contributed by atoms with Gasteiger partial charge < -0.3 is 10.4 Å². The highest BCUT2D eigenvalue weighted by Gasteiger charge is 2.28. The van der Waals surface area contributed by atoms with Crippen LogP contribution in [0, 0.1) is 5.92 Å². The van der Waals surface area contributed by atoms with Gasteiger partial charge in [-0.05, 0) is 25.3 Å². The Hall–Kier alpha value is -0.870. The van der Waals surface area contributed by atoms with Gasteiger partial charge >= 0.3 is 0 Å². The minimum absolute atomic E-state index is 0.00523. The molecule has 0 aliphatic heterocycles. The van der Waals surface area contributed by atoms with Gasteiger partial charge in [0, 0.05) is 24.2 Å². The molecule has 4 nitrogen and oxygen atoms in total. The molecular formula is C14H25N3O. The maximum atomic E-state index is 9.61. The number of nitrogens with zero attached hydrogens (tertiary/aromatic N) is 2. The van der Waals surface area contributed by atoms with Crippen molar-refractivity contribution < 1.29 is 5.11 Å². The lowest BCUT2D eigenvalue weighted by molar-refractivity contribution is 0.242. The lowest BCUT2D eigenvalue weighted by Gasteiger charge is -2.22. The molecule has 0 spiro atoms. The van der Waals surface area contributed by atoms with E-state index in [2.05, 4.69) is 31.2 Å².